The minimum absolute atomic E-state index is 0.0490. The maximum atomic E-state index is 12.5. The van der Waals surface area contributed by atoms with Gasteiger partial charge in [0.15, 0.2) is 0 Å². The second-order valence-electron chi connectivity index (χ2n) is 5.25. The molecule has 1 aliphatic rings. The quantitative estimate of drug-likeness (QED) is 0.511. The van der Waals surface area contributed by atoms with Gasteiger partial charge in [-0.2, -0.15) is 0 Å². The summed E-state index contributed by atoms with van der Waals surface area (Å²) in [5.74, 6) is -0.468. The number of phenols is 1. The third-order valence-corrected chi connectivity index (χ3v) is 4.47. The van der Waals surface area contributed by atoms with E-state index in [1.807, 2.05) is 0 Å². The fraction of sp³-hybridized carbons (Fsp3) is 0.0588. The lowest BCUT2D eigenvalue weighted by Crippen LogP contribution is -2.27. The van der Waals surface area contributed by atoms with E-state index >= 15 is 0 Å². The Labute approximate surface area is 146 Å². The molecule has 2 aromatic carbocycles. The summed E-state index contributed by atoms with van der Waals surface area (Å²) >= 11 is 0.763. The summed E-state index contributed by atoms with van der Waals surface area (Å²) in [6.45, 7) is -0.167. The first-order valence-electron chi connectivity index (χ1n) is 7.22. The van der Waals surface area contributed by atoms with Crippen LogP contribution in [0.25, 0.3) is 6.08 Å². The Bertz CT molecular complexity index is 909. The smallest absolute Gasteiger partial charge is 0.293 e. The van der Waals surface area contributed by atoms with Crippen LogP contribution in [0.3, 0.4) is 0 Å². The van der Waals surface area contributed by atoms with E-state index in [0.717, 1.165) is 16.7 Å². The number of thioether (sulfide) groups is 1. The molecule has 0 aliphatic carbocycles. The lowest BCUT2D eigenvalue weighted by atomic mass is 10.1. The Balaban J connectivity index is 1.86. The summed E-state index contributed by atoms with van der Waals surface area (Å²) < 4.78 is 0. The third-order valence-electron chi connectivity index (χ3n) is 3.56. The van der Waals surface area contributed by atoms with Gasteiger partial charge in [0.1, 0.15) is 5.75 Å². The fourth-order valence-corrected chi connectivity index (χ4v) is 3.23. The monoisotopic (exact) mass is 356 g/mol. The summed E-state index contributed by atoms with van der Waals surface area (Å²) in [7, 11) is 0. The number of benzene rings is 2. The number of hydrogen-bond donors (Lipinski definition) is 1. The first-order valence-corrected chi connectivity index (χ1v) is 8.04. The second kappa shape index (κ2) is 6.78. The number of nitro benzene ring substituents is 1. The molecule has 25 heavy (non-hydrogen) atoms. The predicted octanol–water partition coefficient (Wildman–Crippen LogP) is 3.54. The Morgan fingerprint density at radius 1 is 1.16 bits per heavy atom. The maximum absolute atomic E-state index is 12.5. The summed E-state index contributed by atoms with van der Waals surface area (Å²) in [4.78, 5) is 36.3. The van der Waals surface area contributed by atoms with Crippen molar-refractivity contribution in [1.82, 2.24) is 4.90 Å². The number of nitro groups is 1. The molecule has 1 fully saturated rings. The van der Waals surface area contributed by atoms with Crippen LogP contribution in [-0.4, -0.2) is 26.1 Å². The van der Waals surface area contributed by atoms with Crippen molar-refractivity contribution in [3.63, 3.8) is 0 Å². The van der Waals surface area contributed by atoms with Crippen LogP contribution >= 0.6 is 11.8 Å². The summed E-state index contributed by atoms with van der Waals surface area (Å²) in [6, 6.07) is 12.3. The van der Waals surface area contributed by atoms with E-state index in [9.17, 15) is 24.8 Å². The zero-order valence-electron chi connectivity index (χ0n) is 12.8. The number of hydrogen-bond acceptors (Lipinski definition) is 6. The highest BCUT2D eigenvalue weighted by molar-refractivity contribution is 8.18. The van der Waals surface area contributed by atoms with Crippen LogP contribution in [0.1, 0.15) is 11.1 Å². The molecule has 0 radical (unpaired) electrons. The zero-order valence-corrected chi connectivity index (χ0v) is 13.6. The van der Waals surface area contributed by atoms with Crippen LogP contribution in [0.2, 0.25) is 0 Å². The highest BCUT2D eigenvalue weighted by Crippen LogP contribution is 2.34. The van der Waals surface area contributed by atoms with Crippen molar-refractivity contribution in [3.05, 3.63) is 74.7 Å². The molecule has 0 aromatic heterocycles. The zero-order chi connectivity index (χ0) is 18.0. The lowest BCUT2D eigenvalue weighted by Gasteiger charge is -2.12. The van der Waals surface area contributed by atoms with Gasteiger partial charge in [0.25, 0.3) is 16.8 Å². The molecular formula is C17H12N2O5S. The highest BCUT2D eigenvalue weighted by atomic mass is 32.2. The van der Waals surface area contributed by atoms with Gasteiger partial charge in [-0.05, 0) is 35.5 Å². The fourth-order valence-electron chi connectivity index (χ4n) is 2.40. The molecule has 1 aliphatic heterocycles. The van der Waals surface area contributed by atoms with E-state index in [0.29, 0.717) is 5.56 Å². The molecule has 1 saturated heterocycles. The molecule has 0 bridgehead atoms. The van der Waals surface area contributed by atoms with E-state index in [4.69, 9.17) is 0 Å². The second-order valence-corrected chi connectivity index (χ2v) is 6.24. The van der Waals surface area contributed by atoms with E-state index in [1.165, 1.54) is 36.4 Å². The van der Waals surface area contributed by atoms with Gasteiger partial charge in [-0.3, -0.25) is 24.6 Å². The van der Waals surface area contributed by atoms with Crippen molar-refractivity contribution in [2.75, 3.05) is 0 Å². The number of rotatable bonds is 4. The van der Waals surface area contributed by atoms with Gasteiger partial charge in [0, 0.05) is 11.6 Å². The lowest BCUT2D eigenvalue weighted by molar-refractivity contribution is -0.385. The van der Waals surface area contributed by atoms with Gasteiger partial charge >= 0.3 is 0 Å². The number of phenolic OH excluding ortho intramolecular Hbond substituents is 1. The molecule has 1 heterocycles. The van der Waals surface area contributed by atoms with Crippen molar-refractivity contribution in [2.24, 2.45) is 0 Å². The Morgan fingerprint density at radius 3 is 2.64 bits per heavy atom. The number of carbonyl (C=O) groups is 2. The van der Waals surface area contributed by atoms with Crippen molar-refractivity contribution in [3.8, 4) is 5.75 Å². The SMILES string of the molecule is O=C1S/C(=C\c2cccc(O)c2)C(=O)N1Cc1ccccc1[N+](=O)[O-]. The van der Waals surface area contributed by atoms with Crippen LogP contribution in [0, 0.1) is 10.1 Å². The molecule has 7 nitrogen and oxygen atoms in total. The summed E-state index contributed by atoms with van der Waals surface area (Å²) in [5.41, 5.74) is 0.725. The molecular weight excluding hydrogens is 344 g/mol. The molecule has 0 spiro atoms. The third kappa shape index (κ3) is 3.53. The number of amides is 2. The normalized spacial score (nSPS) is 15.8. The van der Waals surface area contributed by atoms with Crippen LogP contribution in [0.4, 0.5) is 10.5 Å². The molecule has 0 unspecified atom stereocenters. The number of imide groups is 1. The van der Waals surface area contributed by atoms with Crippen molar-refractivity contribution < 1.29 is 19.6 Å². The molecule has 0 saturated carbocycles. The van der Waals surface area contributed by atoms with Crippen molar-refractivity contribution >= 4 is 34.7 Å². The Morgan fingerprint density at radius 2 is 1.92 bits per heavy atom. The van der Waals surface area contributed by atoms with Gasteiger partial charge in [0.2, 0.25) is 0 Å². The topological polar surface area (TPSA) is 101 Å². The van der Waals surface area contributed by atoms with Crippen molar-refractivity contribution in [2.45, 2.75) is 6.54 Å². The standard InChI is InChI=1S/C17H12N2O5S/c20-13-6-3-4-11(8-13)9-15-16(21)18(17(22)25-15)10-12-5-1-2-7-14(12)19(23)24/h1-9,20H,10H2/b15-9-. The number of aromatic hydroxyl groups is 1. The van der Waals surface area contributed by atoms with E-state index in [2.05, 4.69) is 0 Å². The van der Waals surface area contributed by atoms with Gasteiger partial charge in [-0.1, -0.05) is 30.3 Å². The molecule has 8 heteroatoms. The molecule has 0 atom stereocenters. The molecule has 2 aromatic rings. The van der Waals surface area contributed by atoms with E-state index in [-0.39, 0.29) is 28.5 Å². The largest absolute Gasteiger partial charge is 0.508 e. The average molecular weight is 356 g/mol. The molecule has 3 rings (SSSR count). The molecule has 1 N–H and O–H groups in total. The number of para-hydroxylation sites is 1. The first-order chi connectivity index (χ1) is 12.0. The van der Waals surface area contributed by atoms with Crippen molar-refractivity contribution in [1.29, 1.82) is 0 Å². The van der Waals surface area contributed by atoms with Crippen LogP contribution in [0.15, 0.2) is 53.4 Å². The minimum atomic E-state index is -0.545. The average Bonchev–Trinajstić information content (AvgIpc) is 2.83. The van der Waals surface area contributed by atoms with Gasteiger partial charge in [0.05, 0.1) is 16.4 Å². The first kappa shape index (κ1) is 16.7. The number of carbonyl (C=O) groups excluding carboxylic acids is 2. The van der Waals surface area contributed by atoms with Gasteiger partial charge < -0.3 is 5.11 Å². The summed E-state index contributed by atoms with van der Waals surface area (Å²) in [6.07, 6.45) is 1.50. The maximum Gasteiger partial charge on any atom is 0.293 e. The number of nitrogens with zero attached hydrogens (tertiary/aromatic N) is 2. The highest BCUT2D eigenvalue weighted by Gasteiger charge is 2.36. The van der Waals surface area contributed by atoms with Gasteiger partial charge in [-0.15, -0.1) is 0 Å². The Hall–Kier alpha value is -3.13. The Kier molecular flexibility index (Phi) is 4.53. The molecule has 126 valence electrons. The van der Waals surface area contributed by atoms with Crippen LogP contribution in [0.5, 0.6) is 5.75 Å². The van der Waals surface area contributed by atoms with Crippen LogP contribution < -0.4 is 0 Å². The predicted molar refractivity (Wildman–Crippen MR) is 92.7 cm³/mol. The molecule has 2 amide bonds. The van der Waals surface area contributed by atoms with Gasteiger partial charge in [-0.25, -0.2) is 0 Å². The minimum Gasteiger partial charge on any atom is -0.508 e. The van der Waals surface area contributed by atoms with E-state index < -0.39 is 16.1 Å². The summed E-state index contributed by atoms with van der Waals surface area (Å²) in [5, 5.41) is 20.1. The van der Waals surface area contributed by atoms with E-state index in [1.54, 1.807) is 18.2 Å². The van der Waals surface area contributed by atoms with Crippen LogP contribution in [-0.2, 0) is 11.3 Å².